The number of hydrogen-bond acceptors (Lipinski definition) is 5. The van der Waals surface area contributed by atoms with E-state index in [0.29, 0.717) is 19.1 Å². The number of hydrogen-bond donors (Lipinski definition) is 1. The van der Waals surface area contributed by atoms with Crippen molar-refractivity contribution in [1.82, 2.24) is 4.90 Å². The zero-order valence-electron chi connectivity index (χ0n) is 35.3. The largest absolute Gasteiger partial charge is 0.495 e. The van der Waals surface area contributed by atoms with Crippen LogP contribution >= 0.6 is 0 Å². The van der Waals surface area contributed by atoms with Gasteiger partial charge in [0.2, 0.25) is 0 Å². The van der Waals surface area contributed by atoms with Crippen LogP contribution in [0.4, 0.5) is 0 Å². The molecule has 0 aliphatic carbocycles. The van der Waals surface area contributed by atoms with Crippen LogP contribution in [0.1, 0.15) is 240 Å². The van der Waals surface area contributed by atoms with Crippen LogP contribution in [0.3, 0.4) is 0 Å². The number of nitrogens with zero attached hydrogens (tertiary/aromatic N) is 1. The second-order valence-corrected chi connectivity index (χ2v) is 15.7. The summed E-state index contributed by atoms with van der Waals surface area (Å²) in [7, 11) is 2.14. The smallest absolute Gasteiger partial charge is 0.305 e. The van der Waals surface area contributed by atoms with E-state index in [0.717, 1.165) is 45.1 Å². The molecule has 0 rings (SSSR count). The number of carbonyl (C=O) groups excluding carboxylic acids is 1. The Hall–Kier alpha value is -1.07. The summed E-state index contributed by atoms with van der Waals surface area (Å²) in [6, 6.07) is 0.179. The highest BCUT2D eigenvalue weighted by atomic mass is 16.5. The fourth-order valence-corrected chi connectivity index (χ4v) is 7.20. The predicted molar refractivity (Wildman–Crippen MR) is 222 cm³/mol. The maximum Gasteiger partial charge on any atom is 0.305 e. The van der Waals surface area contributed by atoms with E-state index in [1.807, 2.05) is 0 Å². The molecule has 51 heavy (non-hydrogen) atoms. The Kier molecular flexibility index (Phi) is 39.3. The lowest BCUT2D eigenvalue weighted by Crippen LogP contribution is -2.35. The number of unbranched alkanes of at least 4 members (excludes halogenated alkanes) is 23. The number of rotatable bonds is 41. The molecule has 1 unspecified atom stereocenters. The topological polar surface area (TPSA) is 59.0 Å². The van der Waals surface area contributed by atoms with Crippen molar-refractivity contribution < 1.29 is 19.4 Å². The molecule has 1 atom stereocenters. The monoisotopic (exact) mass is 722 g/mol. The minimum absolute atomic E-state index is 0.0577. The molecule has 0 spiro atoms. The maximum absolute atomic E-state index is 12.1. The molecular formula is C46H91NO4. The molecule has 0 aromatic rings. The first-order chi connectivity index (χ1) is 25.0. The van der Waals surface area contributed by atoms with Crippen LogP contribution in [0.5, 0.6) is 0 Å². The standard InChI is InChI=1S/C46H91NO4/c1-6-10-13-16-19-20-21-27-34-41-50-46(49)39-32-31-35-43(42-48)47(5)40-33-26-22-25-28-36-44(9-4)51-45(37-29-23-17-14-11-7-2)38-30-24-18-15-12-8-3/h9,43,45,48H,6-8,10-42H2,1-5H3/b44-9+. The van der Waals surface area contributed by atoms with Crippen molar-refractivity contribution in [3.8, 4) is 0 Å². The summed E-state index contributed by atoms with van der Waals surface area (Å²) in [5.74, 6) is 1.16. The second-order valence-electron chi connectivity index (χ2n) is 15.7. The number of ether oxygens (including phenoxy) is 2. The van der Waals surface area contributed by atoms with Crippen LogP contribution in [-0.2, 0) is 14.3 Å². The van der Waals surface area contributed by atoms with Gasteiger partial charge in [0, 0.05) is 18.9 Å². The lowest BCUT2D eigenvalue weighted by molar-refractivity contribution is -0.143. The van der Waals surface area contributed by atoms with Gasteiger partial charge in [0.25, 0.3) is 0 Å². The van der Waals surface area contributed by atoms with E-state index in [-0.39, 0.29) is 18.6 Å². The summed E-state index contributed by atoms with van der Waals surface area (Å²) in [4.78, 5) is 14.5. The molecule has 0 heterocycles. The van der Waals surface area contributed by atoms with E-state index >= 15 is 0 Å². The van der Waals surface area contributed by atoms with Gasteiger partial charge >= 0.3 is 5.97 Å². The minimum atomic E-state index is -0.0577. The fraction of sp³-hybridized carbons (Fsp3) is 0.935. The first-order valence-corrected chi connectivity index (χ1v) is 22.8. The van der Waals surface area contributed by atoms with Gasteiger partial charge in [-0.1, -0.05) is 162 Å². The molecule has 0 aliphatic heterocycles. The van der Waals surface area contributed by atoms with Crippen molar-refractivity contribution in [2.45, 2.75) is 252 Å². The Bertz CT molecular complexity index is 725. The molecule has 0 saturated heterocycles. The molecule has 5 nitrogen and oxygen atoms in total. The van der Waals surface area contributed by atoms with Crippen LogP contribution < -0.4 is 0 Å². The highest BCUT2D eigenvalue weighted by molar-refractivity contribution is 5.69. The number of likely N-dealkylation sites (N-methyl/N-ethyl adjacent to an activating group) is 1. The maximum atomic E-state index is 12.1. The first-order valence-electron chi connectivity index (χ1n) is 22.8. The molecule has 1 N–H and O–H groups in total. The molecule has 0 saturated carbocycles. The molecule has 0 fully saturated rings. The molecule has 0 bridgehead atoms. The third-order valence-corrected chi connectivity index (χ3v) is 10.8. The Morgan fingerprint density at radius 3 is 1.51 bits per heavy atom. The third kappa shape index (κ3) is 34.4. The van der Waals surface area contributed by atoms with E-state index in [1.54, 1.807) is 0 Å². The summed E-state index contributed by atoms with van der Waals surface area (Å²) < 4.78 is 12.1. The first kappa shape index (κ1) is 49.9. The van der Waals surface area contributed by atoms with Crippen LogP contribution in [0.2, 0.25) is 0 Å². The Balaban J connectivity index is 4.08. The van der Waals surface area contributed by atoms with Gasteiger partial charge < -0.3 is 19.5 Å². The fourth-order valence-electron chi connectivity index (χ4n) is 7.20. The molecule has 0 amide bonds. The van der Waals surface area contributed by atoms with E-state index in [1.165, 1.54) is 173 Å². The van der Waals surface area contributed by atoms with Gasteiger partial charge in [-0.3, -0.25) is 4.79 Å². The third-order valence-electron chi connectivity index (χ3n) is 10.8. The van der Waals surface area contributed by atoms with Gasteiger partial charge in [-0.25, -0.2) is 0 Å². The van der Waals surface area contributed by atoms with Crippen LogP contribution in [-0.4, -0.2) is 54.9 Å². The quantitative estimate of drug-likeness (QED) is 0.0387. The van der Waals surface area contributed by atoms with Crippen LogP contribution in [0, 0.1) is 0 Å². The zero-order valence-corrected chi connectivity index (χ0v) is 35.3. The molecule has 0 radical (unpaired) electrons. The SMILES string of the molecule is C/C=C(\CCCCCCCN(C)C(CO)CCCCC(=O)OCCCCCCCCCCC)OC(CCCCCCCC)CCCCCCCC. The normalized spacial score (nSPS) is 12.7. The molecule has 304 valence electrons. The molecule has 5 heteroatoms. The van der Waals surface area contributed by atoms with E-state index in [4.69, 9.17) is 9.47 Å². The Labute approximate surface area is 319 Å². The summed E-state index contributed by atoms with van der Waals surface area (Å²) in [6.07, 6.45) is 43.2. The number of aliphatic hydroxyl groups is 1. The minimum Gasteiger partial charge on any atom is -0.495 e. The van der Waals surface area contributed by atoms with Gasteiger partial charge in [0.05, 0.1) is 25.1 Å². The summed E-state index contributed by atoms with van der Waals surface area (Å²) >= 11 is 0. The van der Waals surface area contributed by atoms with E-state index in [9.17, 15) is 9.90 Å². The molecular weight excluding hydrogens is 631 g/mol. The second kappa shape index (κ2) is 40.1. The summed E-state index contributed by atoms with van der Waals surface area (Å²) in [6.45, 7) is 10.8. The van der Waals surface area contributed by atoms with Crippen molar-refractivity contribution in [2.24, 2.45) is 0 Å². The van der Waals surface area contributed by atoms with Crippen LogP contribution in [0.15, 0.2) is 11.8 Å². The van der Waals surface area contributed by atoms with Crippen molar-refractivity contribution in [2.75, 3.05) is 26.8 Å². The Morgan fingerprint density at radius 1 is 0.569 bits per heavy atom. The molecule has 0 aliphatic rings. The highest BCUT2D eigenvalue weighted by Crippen LogP contribution is 2.22. The van der Waals surface area contributed by atoms with Gasteiger partial charge in [-0.05, 0) is 84.4 Å². The zero-order chi connectivity index (χ0) is 37.5. The number of aliphatic hydroxyl groups excluding tert-OH is 1. The lowest BCUT2D eigenvalue weighted by atomic mass is 10.0. The number of esters is 1. The number of allylic oxidation sites excluding steroid dienone is 2. The highest BCUT2D eigenvalue weighted by Gasteiger charge is 2.15. The lowest BCUT2D eigenvalue weighted by Gasteiger charge is -2.26. The van der Waals surface area contributed by atoms with Crippen molar-refractivity contribution in [1.29, 1.82) is 0 Å². The van der Waals surface area contributed by atoms with E-state index < -0.39 is 0 Å². The van der Waals surface area contributed by atoms with E-state index in [2.05, 4.69) is 45.7 Å². The number of carbonyl (C=O) groups is 1. The van der Waals surface area contributed by atoms with Crippen molar-refractivity contribution in [3.05, 3.63) is 11.8 Å². The van der Waals surface area contributed by atoms with Gasteiger partial charge in [-0.2, -0.15) is 0 Å². The average Bonchev–Trinajstić information content (AvgIpc) is 3.13. The molecule has 0 aromatic heterocycles. The van der Waals surface area contributed by atoms with Crippen LogP contribution in [0.25, 0.3) is 0 Å². The summed E-state index contributed by atoms with van der Waals surface area (Å²) in [5.41, 5.74) is 0. The molecule has 0 aromatic carbocycles. The summed E-state index contributed by atoms with van der Waals surface area (Å²) in [5, 5.41) is 10.0. The average molecular weight is 722 g/mol. The predicted octanol–water partition coefficient (Wildman–Crippen LogP) is 14.0. The van der Waals surface area contributed by atoms with Crippen molar-refractivity contribution in [3.63, 3.8) is 0 Å². The van der Waals surface area contributed by atoms with Gasteiger partial charge in [0.1, 0.15) is 0 Å². The van der Waals surface area contributed by atoms with Crippen molar-refractivity contribution >= 4 is 5.97 Å². The van der Waals surface area contributed by atoms with Gasteiger partial charge in [-0.15, -0.1) is 0 Å². The van der Waals surface area contributed by atoms with Gasteiger partial charge in [0.15, 0.2) is 0 Å². The Morgan fingerprint density at radius 2 is 1.00 bits per heavy atom.